The van der Waals surface area contributed by atoms with E-state index in [0.717, 1.165) is 16.9 Å². The molecule has 1 aromatic carbocycles. The topological polar surface area (TPSA) is 57.8 Å². The predicted molar refractivity (Wildman–Crippen MR) is 63.4 cm³/mol. The molecule has 5 heteroatoms. The fraction of sp³-hybridized carbons (Fsp3) is 0.273. The van der Waals surface area contributed by atoms with Gasteiger partial charge in [-0.15, -0.1) is 11.6 Å². The van der Waals surface area contributed by atoms with Crippen molar-refractivity contribution in [3.05, 3.63) is 29.6 Å². The highest BCUT2D eigenvalue weighted by Gasteiger charge is 2.04. The number of carbonyl (C=O) groups is 1. The molecule has 0 fully saturated rings. The van der Waals surface area contributed by atoms with E-state index in [9.17, 15) is 4.79 Å². The van der Waals surface area contributed by atoms with Crippen LogP contribution in [0.4, 0.5) is 0 Å². The molecule has 0 saturated heterocycles. The number of hydrogen-bond donors (Lipinski definition) is 2. The van der Waals surface area contributed by atoms with Crippen molar-refractivity contribution in [1.29, 1.82) is 0 Å². The van der Waals surface area contributed by atoms with Crippen LogP contribution in [0.15, 0.2) is 18.2 Å². The second kappa shape index (κ2) is 4.53. The minimum atomic E-state index is -0.196. The Kier molecular flexibility index (Phi) is 3.10. The van der Waals surface area contributed by atoms with Crippen molar-refractivity contribution in [2.75, 3.05) is 5.88 Å². The van der Waals surface area contributed by atoms with Crippen LogP contribution in [0.25, 0.3) is 11.0 Å². The Bertz CT molecular complexity index is 521. The summed E-state index contributed by atoms with van der Waals surface area (Å²) in [6.07, 6.45) is 0. The third kappa shape index (κ3) is 2.33. The van der Waals surface area contributed by atoms with Gasteiger partial charge in [0.15, 0.2) is 0 Å². The van der Waals surface area contributed by atoms with Gasteiger partial charge in [0.1, 0.15) is 11.7 Å². The maximum Gasteiger partial charge on any atom is 0.235 e. The SMILES string of the molecule is Cc1ccc2nc(CNC(=O)CCl)[nH]c2c1. The number of carbonyl (C=O) groups excluding carboxylic acids is 1. The molecule has 0 atom stereocenters. The van der Waals surface area contributed by atoms with Crippen LogP contribution in [0, 0.1) is 6.92 Å². The van der Waals surface area contributed by atoms with Crippen molar-refractivity contribution in [3.8, 4) is 0 Å². The maximum absolute atomic E-state index is 11.0. The summed E-state index contributed by atoms with van der Waals surface area (Å²) in [7, 11) is 0. The zero-order chi connectivity index (χ0) is 11.5. The predicted octanol–water partition coefficient (Wildman–Crippen LogP) is 1.73. The smallest absolute Gasteiger partial charge is 0.235 e. The van der Waals surface area contributed by atoms with E-state index in [-0.39, 0.29) is 11.8 Å². The van der Waals surface area contributed by atoms with Gasteiger partial charge in [-0.1, -0.05) is 6.07 Å². The van der Waals surface area contributed by atoms with Gasteiger partial charge in [0, 0.05) is 0 Å². The van der Waals surface area contributed by atoms with Crippen molar-refractivity contribution in [1.82, 2.24) is 15.3 Å². The number of hydrogen-bond acceptors (Lipinski definition) is 2. The van der Waals surface area contributed by atoms with Crippen molar-refractivity contribution >= 4 is 28.5 Å². The number of rotatable bonds is 3. The number of nitrogens with one attached hydrogen (secondary N) is 2. The van der Waals surface area contributed by atoms with E-state index in [4.69, 9.17) is 11.6 Å². The van der Waals surface area contributed by atoms with E-state index < -0.39 is 0 Å². The minimum Gasteiger partial charge on any atom is -0.348 e. The van der Waals surface area contributed by atoms with Gasteiger partial charge < -0.3 is 10.3 Å². The zero-order valence-electron chi connectivity index (χ0n) is 8.88. The maximum atomic E-state index is 11.0. The molecule has 2 rings (SSSR count). The second-order valence-corrected chi connectivity index (χ2v) is 3.88. The number of benzene rings is 1. The fourth-order valence-corrected chi connectivity index (χ4v) is 1.58. The Morgan fingerprint density at radius 1 is 1.56 bits per heavy atom. The molecule has 16 heavy (non-hydrogen) atoms. The zero-order valence-corrected chi connectivity index (χ0v) is 9.64. The number of imidazole rings is 1. The van der Waals surface area contributed by atoms with Crippen LogP contribution in [0.5, 0.6) is 0 Å². The highest BCUT2D eigenvalue weighted by molar-refractivity contribution is 6.27. The lowest BCUT2D eigenvalue weighted by Crippen LogP contribution is -2.24. The van der Waals surface area contributed by atoms with Crippen LogP contribution < -0.4 is 5.32 Å². The molecule has 1 amide bonds. The molecule has 0 bridgehead atoms. The van der Waals surface area contributed by atoms with Gasteiger partial charge in [-0.3, -0.25) is 4.79 Å². The number of aryl methyl sites for hydroxylation is 1. The minimum absolute atomic E-state index is 0.0284. The Morgan fingerprint density at radius 2 is 2.38 bits per heavy atom. The summed E-state index contributed by atoms with van der Waals surface area (Å²) in [5, 5.41) is 2.66. The van der Waals surface area contributed by atoms with E-state index in [1.54, 1.807) is 0 Å². The Labute approximate surface area is 98.0 Å². The molecule has 0 unspecified atom stereocenters. The van der Waals surface area contributed by atoms with Crippen LogP contribution in [-0.2, 0) is 11.3 Å². The summed E-state index contributed by atoms with van der Waals surface area (Å²) >= 11 is 5.38. The standard InChI is InChI=1S/C11H12ClN3O/c1-7-2-3-8-9(4-7)15-10(14-8)6-13-11(16)5-12/h2-4H,5-6H2,1H3,(H,13,16)(H,14,15). The van der Waals surface area contributed by atoms with E-state index in [2.05, 4.69) is 15.3 Å². The fourth-order valence-electron chi connectivity index (χ4n) is 1.49. The van der Waals surface area contributed by atoms with E-state index in [1.807, 2.05) is 25.1 Å². The average molecular weight is 238 g/mol. The number of fused-ring (bicyclic) bond motifs is 1. The summed E-state index contributed by atoms with van der Waals surface area (Å²) in [6.45, 7) is 2.40. The van der Waals surface area contributed by atoms with Crippen LogP contribution in [0.1, 0.15) is 11.4 Å². The molecule has 4 nitrogen and oxygen atoms in total. The Hall–Kier alpha value is -1.55. The first-order valence-corrected chi connectivity index (χ1v) is 5.50. The average Bonchev–Trinajstić information content (AvgIpc) is 2.67. The van der Waals surface area contributed by atoms with Gasteiger partial charge in [-0.05, 0) is 24.6 Å². The quantitative estimate of drug-likeness (QED) is 0.799. The molecule has 84 valence electrons. The lowest BCUT2D eigenvalue weighted by atomic mass is 10.2. The number of alkyl halides is 1. The lowest BCUT2D eigenvalue weighted by Gasteiger charge is -1.98. The van der Waals surface area contributed by atoms with Crippen LogP contribution in [0.2, 0.25) is 0 Å². The van der Waals surface area contributed by atoms with Crippen LogP contribution >= 0.6 is 11.6 Å². The van der Waals surface area contributed by atoms with Gasteiger partial charge in [0.05, 0.1) is 17.6 Å². The molecule has 2 N–H and O–H groups in total. The summed E-state index contributed by atoms with van der Waals surface area (Å²) in [6, 6.07) is 5.98. The summed E-state index contributed by atoms with van der Waals surface area (Å²) in [5.41, 5.74) is 3.06. The third-order valence-corrected chi connectivity index (χ3v) is 2.50. The Morgan fingerprint density at radius 3 is 3.12 bits per heavy atom. The molecule has 0 radical (unpaired) electrons. The van der Waals surface area contributed by atoms with Gasteiger partial charge in [-0.2, -0.15) is 0 Å². The molecule has 2 aromatic rings. The molecule has 0 saturated carbocycles. The molecule has 0 aliphatic heterocycles. The number of aromatic nitrogens is 2. The number of halogens is 1. The number of aromatic amines is 1. The first kappa shape index (κ1) is 11.0. The van der Waals surface area contributed by atoms with E-state index in [0.29, 0.717) is 6.54 Å². The molecule has 0 aliphatic carbocycles. The molecule has 0 spiro atoms. The van der Waals surface area contributed by atoms with Gasteiger partial charge >= 0.3 is 0 Å². The van der Waals surface area contributed by atoms with E-state index >= 15 is 0 Å². The second-order valence-electron chi connectivity index (χ2n) is 3.61. The van der Waals surface area contributed by atoms with Crippen LogP contribution in [-0.4, -0.2) is 21.8 Å². The molecule has 0 aliphatic rings. The third-order valence-electron chi connectivity index (χ3n) is 2.26. The largest absolute Gasteiger partial charge is 0.348 e. The summed E-state index contributed by atoms with van der Waals surface area (Å²) < 4.78 is 0. The molecule has 1 aromatic heterocycles. The number of H-pyrrole nitrogens is 1. The van der Waals surface area contributed by atoms with Crippen molar-refractivity contribution < 1.29 is 4.79 Å². The normalized spacial score (nSPS) is 10.6. The summed E-state index contributed by atoms with van der Waals surface area (Å²) in [5.74, 6) is 0.511. The Balaban J connectivity index is 2.16. The lowest BCUT2D eigenvalue weighted by molar-refractivity contribution is -0.118. The first-order valence-electron chi connectivity index (χ1n) is 4.97. The number of amides is 1. The highest BCUT2D eigenvalue weighted by atomic mass is 35.5. The van der Waals surface area contributed by atoms with Gasteiger partial charge in [0.25, 0.3) is 0 Å². The van der Waals surface area contributed by atoms with Crippen molar-refractivity contribution in [3.63, 3.8) is 0 Å². The van der Waals surface area contributed by atoms with E-state index in [1.165, 1.54) is 5.56 Å². The number of nitrogens with zero attached hydrogens (tertiary/aromatic N) is 1. The molecular formula is C11H12ClN3O. The van der Waals surface area contributed by atoms with Gasteiger partial charge in [0.2, 0.25) is 5.91 Å². The van der Waals surface area contributed by atoms with Crippen molar-refractivity contribution in [2.45, 2.75) is 13.5 Å². The first-order chi connectivity index (χ1) is 7.69. The van der Waals surface area contributed by atoms with Crippen molar-refractivity contribution in [2.24, 2.45) is 0 Å². The highest BCUT2D eigenvalue weighted by Crippen LogP contribution is 2.12. The summed E-state index contributed by atoms with van der Waals surface area (Å²) in [4.78, 5) is 18.5. The molecular weight excluding hydrogens is 226 g/mol. The van der Waals surface area contributed by atoms with Crippen LogP contribution in [0.3, 0.4) is 0 Å². The molecule has 1 heterocycles. The van der Waals surface area contributed by atoms with Gasteiger partial charge in [-0.25, -0.2) is 4.98 Å². The monoisotopic (exact) mass is 237 g/mol.